The van der Waals surface area contributed by atoms with Crippen LogP contribution < -0.4 is 18.9 Å². The largest absolute Gasteiger partial charge is 0.611 e. The van der Waals surface area contributed by atoms with Gasteiger partial charge in [0.25, 0.3) is 0 Å². The van der Waals surface area contributed by atoms with Gasteiger partial charge in [0, 0.05) is 35.1 Å². The summed E-state index contributed by atoms with van der Waals surface area (Å²) in [6, 6.07) is 22.9. The second kappa shape index (κ2) is 11.5. The second-order valence-electron chi connectivity index (χ2n) is 14.5. The molecule has 0 aliphatic carbocycles. The molecule has 0 amide bonds. The van der Waals surface area contributed by atoms with E-state index < -0.39 is 6.16 Å². The van der Waals surface area contributed by atoms with Crippen molar-refractivity contribution in [1.82, 2.24) is 0 Å². The Morgan fingerprint density at radius 3 is 0.898 bits per heavy atom. The van der Waals surface area contributed by atoms with Gasteiger partial charge >= 0.3 is 6.16 Å². The summed E-state index contributed by atoms with van der Waals surface area (Å²) in [5, 5.41) is 0. The lowest BCUT2D eigenvalue weighted by Crippen LogP contribution is -2.55. The van der Waals surface area contributed by atoms with Gasteiger partial charge in [0.2, 0.25) is 0 Å². The zero-order valence-corrected chi connectivity index (χ0v) is 29.3. The van der Waals surface area contributed by atoms with E-state index in [2.05, 4.69) is 116 Å². The molecule has 4 heterocycles. The summed E-state index contributed by atoms with van der Waals surface area (Å²) in [4.78, 5) is 19.6. The highest BCUT2D eigenvalue weighted by Gasteiger charge is 2.50. The molecule has 0 N–H and O–H groups in total. The summed E-state index contributed by atoms with van der Waals surface area (Å²) in [7, 11) is 0. The molecule has 1 spiro atoms. The van der Waals surface area contributed by atoms with Crippen LogP contribution in [0.1, 0.15) is 124 Å². The highest BCUT2D eigenvalue weighted by atomic mass is 17.0. The van der Waals surface area contributed by atoms with Crippen LogP contribution in [-0.4, -0.2) is 18.2 Å². The van der Waals surface area contributed by atoms with Crippen LogP contribution in [0, 0.1) is 0 Å². The SMILES string of the molecule is CC(C)c1ccc2c3c1N=C=Nc1c(C(C)C)ccc4c1OC1(O3)Oc3c(ccc(C(C)C)c3N=C=Nc3c(C(C)C)ccc(c3O1)C4)C2. The average Bonchev–Trinajstić information content (AvgIpc) is 3.03. The van der Waals surface area contributed by atoms with E-state index in [4.69, 9.17) is 38.9 Å². The summed E-state index contributed by atoms with van der Waals surface area (Å²) in [5.41, 5.74) is 9.97. The van der Waals surface area contributed by atoms with Crippen molar-refractivity contribution in [2.45, 2.75) is 98.1 Å². The third-order valence-electron chi connectivity index (χ3n) is 9.78. The smallest absolute Gasteiger partial charge is 0.383 e. The van der Waals surface area contributed by atoms with E-state index in [1.54, 1.807) is 0 Å². The Hall–Kier alpha value is -5.16. The molecule has 4 aromatic rings. The molecule has 8 rings (SSSR count). The second-order valence-corrected chi connectivity index (χ2v) is 14.5. The fourth-order valence-electron chi connectivity index (χ4n) is 7.14. The maximum absolute atomic E-state index is 7.11. The predicted octanol–water partition coefficient (Wildman–Crippen LogP) is 11.1. The Bertz CT molecular complexity index is 1880. The van der Waals surface area contributed by atoms with Crippen LogP contribution >= 0.6 is 0 Å². The van der Waals surface area contributed by atoms with Gasteiger partial charge in [-0.3, -0.25) is 0 Å². The van der Waals surface area contributed by atoms with Gasteiger partial charge in [-0.25, -0.2) is 0 Å². The molecule has 0 aromatic heterocycles. The van der Waals surface area contributed by atoms with Gasteiger partial charge in [-0.05, 0) is 45.9 Å². The van der Waals surface area contributed by atoms with Gasteiger partial charge in [-0.2, -0.15) is 20.0 Å². The van der Waals surface area contributed by atoms with Crippen LogP contribution in [0.2, 0.25) is 0 Å². The minimum atomic E-state index is -2.16. The molecule has 49 heavy (non-hydrogen) atoms. The summed E-state index contributed by atoms with van der Waals surface area (Å²) in [6.45, 7) is 17.1. The van der Waals surface area contributed by atoms with Crippen LogP contribution in [0.4, 0.5) is 22.7 Å². The number of ether oxygens (including phenoxy) is 4. The monoisotopic (exact) mass is 652 g/mol. The summed E-state index contributed by atoms with van der Waals surface area (Å²) >= 11 is 0. The molecule has 0 atom stereocenters. The topological polar surface area (TPSA) is 86.4 Å². The number of hydrogen-bond acceptors (Lipinski definition) is 8. The van der Waals surface area contributed by atoms with E-state index in [0.29, 0.717) is 58.6 Å². The van der Waals surface area contributed by atoms with Gasteiger partial charge in [0.15, 0.2) is 23.0 Å². The zero-order valence-electron chi connectivity index (χ0n) is 29.3. The van der Waals surface area contributed by atoms with E-state index in [1.807, 2.05) is 0 Å². The highest BCUT2D eigenvalue weighted by Crippen LogP contribution is 2.53. The number of benzene rings is 4. The number of nitrogens with zero attached hydrogens (tertiary/aromatic N) is 4. The maximum atomic E-state index is 7.11. The van der Waals surface area contributed by atoms with Crippen molar-refractivity contribution in [1.29, 1.82) is 0 Å². The van der Waals surface area contributed by atoms with Crippen LogP contribution in [0.15, 0.2) is 68.5 Å². The summed E-state index contributed by atoms with van der Waals surface area (Å²) in [6.07, 6.45) is -1.17. The van der Waals surface area contributed by atoms with E-state index >= 15 is 0 Å². The van der Waals surface area contributed by atoms with Crippen molar-refractivity contribution in [3.05, 3.63) is 93.0 Å². The number of aliphatic imine (C=N–C) groups is 4. The molecule has 4 aromatic carbocycles. The van der Waals surface area contributed by atoms with Gasteiger partial charge in [-0.1, -0.05) is 104 Å². The van der Waals surface area contributed by atoms with Gasteiger partial charge in [-0.15, -0.1) is 0 Å². The Labute approximate surface area is 287 Å². The van der Waals surface area contributed by atoms with Crippen molar-refractivity contribution in [3.63, 3.8) is 0 Å². The van der Waals surface area contributed by atoms with Gasteiger partial charge in [0.1, 0.15) is 34.8 Å². The van der Waals surface area contributed by atoms with Crippen LogP contribution in [0.25, 0.3) is 0 Å². The summed E-state index contributed by atoms with van der Waals surface area (Å²) in [5.74, 6) is 2.49. The van der Waals surface area contributed by atoms with E-state index in [-0.39, 0.29) is 23.7 Å². The first-order chi connectivity index (χ1) is 23.5. The van der Waals surface area contributed by atoms with Gasteiger partial charge in [0.05, 0.1) is 0 Å². The molecular weight excluding hydrogens is 612 g/mol. The predicted molar refractivity (Wildman–Crippen MR) is 191 cm³/mol. The van der Waals surface area contributed by atoms with Crippen molar-refractivity contribution in [3.8, 4) is 23.0 Å². The normalized spacial score (nSPS) is 17.7. The van der Waals surface area contributed by atoms with Crippen LogP contribution in [-0.2, 0) is 12.8 Å². The van der Waals surface area contributed by atoms with Crippen LogP contribution in [0.5, 0.6) is 23.0 Å². The van der Waals surface area contributed by atoms with E-state index in [0.717, 1.165) is 44.5 Å². The molecule has 248 valence electrons. The van der Waals surface area contributed by atoms with E-state index in [1.165, 1.54) is 0 Å². The first-order valence-electron chi connectivity index (χ1n) is 17.3. The van der Waals surface area contributed by atoms with E-state index in [9.17, 15) is 0 Å². The Morgan fingerprint density at radius 1 is 0.429 bits per heavy atom. The lowest BCUT2D eigenvalue weighted by Gasteiger charge is -2.39. The minimum absolute atomic E-state index is 0.131. The first kappa shape index (κ1) is 31.1. The molecule has 0 unspecified atom stereocenters. The molecular formula is C41H40N4O4. The summed E-state index contributed by atoms with van der Waals surface area (Å²) < 4.78 is 28.4. The van der Waals surface area contributed by atoms with Crippen molar-refractivity contribution >= 4 is 34.8 Å². The van der Waals surface area contributed by atoms with Crippen molar-refractivity contribution in [2.24, 2.45) is 20.0 Å². The molecule has 5 bridgehead atoms. The zero-order chi connectivity index (χ0) is 34.2. The Balaban J connectivity index is 1.58. The third-order valence-corrected chi connectivity index (χ3v) is 9.78. The molecule has 4 aliphatic rings. The molecule has 0 saturated heterocycles. The van der Waals surface area contributed by atoms with Crippen LogP contribution in [0.3, 0.4) is 0 Å². The lowest BCUT2D eigenvalue weighted by atomic mass is 9.92. The average molecular weight is 653 g/mol. The maximum Gasteiger partial charge on any atom is 0.611 e. The standard InChI is InChI=1S/C41H40N4O4/c1-21(2)29-13-9-25-17-26-10-14-31(23(5)6)35-38(26)47-41-46-37(25)33(29)42-19-43-34-30(22(3)4)15-11-27(39(34)48-41)18-28-12-16-32(24(7)8)36(40(28)49-41)45-20-44-35/h9-16,21-24H,17-18H2,1-8H3. The fourth-order valence-corrected chi connectivity index (χ4v) is 7.14. The molecule has 4 aliphatic heterocycles. The van der Waals surface area contributed by atoms with Gasteiger partial charge < -0.3 is 18.9 Å². The van der Waals surface area contributed by atoms with Crippen molar-refractivity contribution in [2.75, 3.05) is 0 Å². The Morgan fingerprint density at radius 2 is 0.673 bits per heavy atom. The molecule has 8 nitrogen and oxygen atoms in total. The molecule has 8 heteroatoms. The molecule has 0 radical (unpaired) electrons. The van der Waals surface area contributed by atoms with Crippen molar-refractivity contribution < 1.29 is 18.9 Å². The number of rotatable bonds is 4. The third kappa shape index (κ3) is 5.06. The minimum Gasteiger partial charge on any atom is -0.383 e. The molecule has 0 fully saturated rings. The lowest BCUT2D eigenvalue weighted by molar-refractivity contribution is -0.368. The highest BCUT2D eigenvalue weighted by molar-refractivity contribution is 5.76. The number of hydrogen-bond donors (Lipinski definition) is 0. The molecule has 0 saturated carbocycles. The Kier molecular flexibility index (Phi) is 7.29. The first-order valence-corrected chi connectivity index (χ1v) is 17.3. The quantitative estimate of drug-likeness (QED) is 0.193. The fraction of sp³-hybridized carbons (Fsp3) is 0.366.